The summed E-state index contributed by atoms with van der Waals surface area (Å²) in [5.41, 5.74) is 2.72. The van der Waals surface area contributed by atoms with Crippen molar-refractivity contribution in [1.29, 1.82) is 0 Å². The molecule has 0 unspecified atom stereocenters. The van der Waals surface area contributed by atoms with Crippen LogP contribution in [0.25, 0.3) is 5.69 Å². The normalized spacial score (nSPS) is 17.2. The largest absolute Gasteiger partial charge is 0.463 e. The van der Waals surface area contributed by atoms with Crippen LogP contribution in [-0.4, -0.2) is 34.4 Å². The minimum absolute atomic E-state index is 0.286. The summed E-state index contributed by atoms with van der Waals surface area (Å²) in [7, 11) is 0. The number of rotatable bonds is 3. The van der Waals surface area contributed by atoms with Crippen molar-refractivity contribution < 1.29 is 19.1 Å². The lowest BCUT2D eigenvalue weighted by atomic mass is 10.2. The van der Waals surface area contributed by atoms with Crippen molar-refractivity contribution in [1.82, 2.24) is 9.78 Å². The third-order valence-electron chi connectivity index (χ3n) is 3.69. The molecule has 7 heteroatoms. The van der Waals surface area contributed by atoms with E-state index in [2.05, 4.69) is 5.10 Å². The quantitative estimate of drug-likeness (QED) is 0.807. The minimum Gasteiger partial charge on any atom is -0.463 e. The van der Waals surface area contributed by atoms with Gasteiger partial charge in [0, 0.05) is 6.42 Å². The van der Waals surface area contributed by atoms with Gasteiger partial charge in [-0.05, 0) is 38.1 Å². The van der Waals surface area contributed by atoms with Crippen LogP contribution in [0.5, 0.6) is 0 Å². The van der Waals surface area contributed by atoms with E-state index in [1.165, 1.54) is 0 Å². The molecule has 2 aromatic rings. The van der Waals surface area contributed by atoms with E-state index in [0.29, 0.717) is 17.0 Å². The molecule has 1 aromatic heterocycles. The summed E-state index contributed by atoms with van der Waals surface area (Å²) in [4.78, 5) is 23.4. The summed E-state index contributed by atoms with van der Waals surface area (Å²) in [6.07, 6.45) is -0.413. The van der Waals surface area contributed by atoms with Crippen LogP contribution in [-0.2, 0) is 14.3 Å². The zero-order valence-electron chi connectivity index (χ0n) is 12.7. The number of carbonyl (C=O) groups is 2. The van der Waals surface area contributed by atoms with Gasteiger partial charge in [0.25, 0.3) is 0 Å². The molecule has 2 heterocycles. The fourth-order valence-corrected chi connectivity index (χ4v) is 2.51. The Bertz CT molecular complexity index is 767. The highest BCUT2D eigenvalue weighted by Crippen LogP contribution is 2.22. The Morgan fingerprint density at radius 2 is 2.04 bits per heavy atom. The van der Waals surface area contributed by atoms with E-state index in [-0.39, 0.29) is 6.61 Å². The first-order valence-electron chi connectivity index (χ1n) is 7.17. The average molecular weight is 335 g/mol. The first-order valence-corrected chi connectivity index (χ1v) is 7.55. The maximum Gasteiger partial charge on any atom is 0.347 e. The second kappa shape index (κ2) is 6.04. The Morgan fingerprint density at radius 1 is 1.35 bits per heavy atom. The van der Waals surface area contributed by atoms with Crippen LogP contribution in [0, 0.1) is 13.8 Å². The number of aromatic nitrogens is 2. The van der Waals surface area contributed by atoms with Crippen molar-refractivity contribution in [3.05, 3.63) is 46.2 Å². The van der Waals surface area contributed by atoms with Gasteiger partial charge in [-0.1, -0.05) is 11.6 Å². The van der Waals surface area contributed by atoms with Gasteiger partial charge >= 0.3 is 11.9 Å². The molecular weight excluding hydrogens is 320 g/mol. The summed E-state index contributed by atoms with van der Waals surface area (Å²) in [6, 6.07) is 6.75. The van der Waals surface area contributed by atoms with Crippen molar-refractivity contribution in [2.24, 2.45) is 0 Å². The van der Waals surface area contributed by atoms with Crippen molar-refractivity contribution in [2.45, 2.75) is 26.4 Å². The fraction of sp³-hybridized carbons (Fsp3) is 0.312. The van der Waals surface area contributed by atoms with Gasteiger partial charge in [-0.2, -0.15) is 5.10 Å². The van der Waals surface area contributed by atoms with Crippen molar-refractivity contribution >= 4 is 23.5 Å². The molecule has 0 amide bonds. The lowest BCUT2D eigenvalue weighted by Crippen LogP contribution is -2.22. The monoisotopic (exact) mass is 334 g/mol. The van der Waals surface area contributed by atoms with Gasteiger partial charge in [-0.15, -0.1) is 0 Å². The summed E-state index contributed by atoms with van der Waals surface area (Å²) in [5.74, 6) is -1.04. The molecule has 23 heavy (non-hydrogen) atoms. The molecule has 0 saturated carbocycles. The van der Waals surface area contributed by atoms with E-state index >= 15 is 0 Å². The van der Waals surface area contributed by atoms with E-state index in [0.717, 1.165) is 17.1 Å². The van der Waals surface area contributed by atoms with Crippen molar-refractivity contribution in [2.75, 3.05) is 6.61 Å². The fourth-order valence-electron chi connectivity index (χ4n) is 2.40. The van der Waals surface area contributed by atoms with E-state index in [4.69, 9.17) is 21.1 Å². The van der Waals surface area contributed by atoms with Gasteiger partial charge in [0.1, 0.15) is 0 Å². The molecule has 1 aromatic carbocycles. The van der Waals surface area contributed by atoms with Crippen molar-refractivity contribution in [3.63, 3.8) is 0 Å². The Labute approximate surface area is 137 Å². The molecule has 0 radical (unpaired) electrons. The lowest BCUT2D eigenvalue weighted by Gasteiger charge is -2.09. The van der Waals surface area contributed by atoms with Gasteiger partial charge < -0.3 is 9.47 Å². The highest BCUT2D eigenvalue weighted by Gasteiger charge is 2.30. The van der Waals surface area contributed by atoms with Crippen LogP contribution in [0.3, 0.4) is 0 Å². The molecule has 3 rings (SSSR count). The first-order chi connectivity index (χ1) is 11.0. The highest BCUT2D eigenvalue weighted by molar-refractivity contribution is 6.31. The van der Waals surface area contributed by atoms with Crippen LogP contribution in [0.2, 0.25) is 5.02 Å². The van der Waals surface area contributed by atoms with Crippen molar-refractivity contribution in [3.8, 4) is 5.69 Å². The zero-order chi connectivity index (χ0) is 16.6. The number of halogens is 1. The third kappa shape index (κ3) is 2.94. The number of hydrogen-bond acceptors (Lipinski definition) is 5. The van der Waals surface area contributed by atoms with Crippen LogP contribution < -0.4 is 0 Å². The van der Waals surface area contributed by atoms with Gasteiger partial charge in [-0.3, -0.25) is 0 Å². The van der Waals surface area contributed by atoms with E-state index < -0.39 is 18.0 Å². The smallest absolute Gasteiger partial charge is 0.347 e. The second-order valence-electron chi connectivity index (χ2n) is 5.29. The number of ether oxygens (including phenoxy) is 2. The predicted octanol–water partition coefficient (Wildman–Crippen LogP) is 2.61. The molecule has 0 spiro atoms. The van der Waals surface area contributed by atoms with Gasteiger partial charge in [-0.25, -0.2) is 14.3 Å². The summed E-state index contributed by atoms with van der Waals surface area (Å²) in [6.45, 7) is 3.99. The number of cyclic esters (lactones) is 1. The Balaban J connectivity index is 1.77. The van der Waals surface area contributed by atoms with Crippen LogP contribution >= 0.6 is 11.6 Å². The molecule has 6 nitrogen and oxygen atoms in total. The molecule has 120 valence electrons. The average Bonchev–Trinajstić information content (AvgIpc) is 3.06. The number of aryl methyl sites for hydroxylation is 1. The standard InChI is InChI=1S/C16H15ClN2O4/c1-9-14(17)10(2)19(18-9)12-5-3-11(4-6-12)15(20)23-13-7-8-22-16(13)21/h3-6,13H,7-8H2,1-2H3/t13-/m1/s1. The molecular formula is C16H15ClN2O4. The molecule has 0 bridgehead atoms. The van der Waals surface area contributed by atoms with Gasteiger partial charge in [0.2, 0.25) is 6.10 Å². The maximum absolute atomic E-state index is 12.0. The first kappa shape index (κ1) is 15.6. The topological polar surface area (TPSA) is 70.4 Å². The Morgan fingerprint density at radius 3 is 2.57 bits per heavy atom. The third-order valence-corrected chi connectivity index (χ3v) is 4.23. The SMILES string of the molecule is Cc1nn(-c2ccc(C(=O)O[C@@H]3CCOC3=O)cc2)c(C)c1Cl. The van der Waals surface area contributed by atoms with Gasteiger partial charge in [0.15, 0.2) is 0 Å². The maximum atomic E-state index is 12.0. The van der Waals surface area contributed by atoms with E-state index in [1.807, 2.05) is 13.8 Å². The molecule has 1 saturated heterocycles. The molecule has 1 fully saturated rings. The number of carbonyl (C=O) groups excluding carboxylic acids is 2. The van der Waals surface area contributed by atoms with Crippen LogP contribution in [0.1, 0.15) is 28.2 Å². The predicted molar refractivity (Wildman–Crippen MR) is 82.8 cm³/mol. The Hall–Kier alpha value is -2.34. The molecule has 1 atom stereocenters. The summed E-state index contributed by atoms with van der Waals surface area (Å²) < 4.78 is 11.6. The van der Waals surface area contributed by atoms with Crippen LogP contribution in [0.15, 0.2) is 24.3 Å². The number of benzene rings is 1. The summed E-state index contributed by atoms with van der Waals surface area (Å²) >= 11 is 6.14. The molecule has 0 aliphatic carbocycles. The highest BCUT2D eigenvalue weighted by atomic mass is 35.5. The summed E-state index contributed by atoms with van der Waals surface area (Å²) in [5, 5.41) is 4.97. The van der Waals surface area contributed by atoms with E-state index in [1.54, 1.807) is 28.9 Å². The molecule has 1 aliphatic rings. The van der Waals surface area contributed by atoms with E-state index in [9.17, 15) is 9.59 Å². The number of esters is 2. The van der Waals surface area contributed by atoms with Crippen LogP contribution in [0.4, 0.5) is 0 Å². The van der Waals surface area contributed by atoms with Gasteiger partial charge in [0.05, 0.1) is 34.3 Å². The lowest BCUT2D eigenvalue weighted by molar-refractivity contribution is -0.145. The molecule has 0 N–H and O–H groups in total. The number of hydrogen-bond donors (Lipinski definition) is 0. The minimum atomic E-state index is -0.808. The zero-order valence-corrected chi connectivity index (χ0v) is 13.5. The Kier molecular flexibility index (Phi) is 4.09. The second-order valence-corrected chi connectivity index (χ2v) is 5.67. The molecule has 1 aliphatic heterocycles. The number of nitrogens with zero attached hydrogens (tertiary/aromatic N) is 2.